The van der Waals surface area contributed by atoms with Gasteiger partial charge in [-0.2, -0.15) is 0 Å². The summed E-state index contributed by atoms with van der Waals surface area (Å²) in [6.07, 6.45) is 4.78. The Kier molecular flexibility index (Phi) is 3.17. The highest BCUT2D eigenvalue weighted by Crippen LogP contribution is 2.60. The molecular weight excluding hydrogens is 276 g/mol. The van der Waals surface area contributed by atoms with Crippen molar-refractivity contribution >= 4 is 15.7 Å². The molecule has 0 aromatic heterocycles. The van der Waals surface area contributed by atoms with Crippen molar-refractivity contribution in [3.05, 3.63) is 18.2 Å². The lowest BCUT2D eigenvalue weighted by Gasteiger charge is -2.15. The standard InChI is InChI=1S/C14H20N2O3S/c1-19-13-5-4-11(8-12(13)15)20(17,18)16-9-14(6-7-14)10-2-3-10/h4-5,8,10,16H,2-3,6-7,9,15H2,1H3. The lowest BCUT2D eigenvalue weighted by atomic mass is 10.0. The Hall–Kier alpha value is -1.27. The summed E-state index contributed by atoms with van der Waals surface area (Å²) in [5, 5.41) is 0. The van der Waals surface area contributed by atoms with E-state index in [-0.39, 0.29) is 10.3 Å². The molecule has 0 unspecified atom stereocenters. The molecule has 2 aliphatic rings. The van der Waals surface area contributed by atoms with E-state index in [1.54, 1.807) is 6.07 Å². The largest absolute Gasteiger partial charge is 0.495 e. The molecule has 0 atom stereocenters. The third kappa shape index (κ3) is 2.50. The molecule has 0 saturated heterocycles. The minimum Gasteiger partial charge on any atom is -0.495 e. The second-order valence-corrected chi connectivity index (χ2v) is 7.63. The molecule has 2 saturated carbocycles. The van der Waals surface area contributed by atoms with Crippen LogP contribution in [0.4, 0.5) is 5.69 Å². The van der Waals surface area contributed by atoms with Crippen LogP contribution in [-0.4, -0.2) is 22.1 Å². The molecule has 110 valence electrons. The van der Waals surface area contributed by atoms with Crippen LogP contribution in [0.25, 0.3) is 0 Å². The zero-order valence-electron chi connectivity index (χ0n) is 11.6. The van der Waals surface area contributed by atoms with Gasteiger partial charge < -0.3 is 10.5 Å². The van der Waals surface area contributed by atoms with E-state index in [9.17, 15) is 8.42 Å². The lowest BCUT2D eigenvalue weighted by molar-refractivity contribution is 0.416. The molecule has 0 heterocycles. The number of hydrogen-bond acceptors (Lipinski definition) is 4. The first-order valence-electron chi connectivity index (χ1n) is 6.90. The fourth-order valence-electron chi connectivity index (χ4n) is 2.79. The van der Waals surface area contributed by atoms with Gasteiger partial charge in [0.1, 0.15) is 5.75 Å². The molecule has 0 aliphatic heterocycles. The molecule has 1 aromatic carbocycles. The van der Waals surface area contributed by atoms with Crippen molar-refractivity contribution in [3.8, 4) is 5.75 Å². The zero-order chi connectivity index (χ0) is 14.4. The van der Waals surface area contributed by atoms with Gasteiger partial charge in [-0.15, -0.1) is 0 Å². The number of anilines is 1. The van der Waals surface area contributed by atoms with Crippen LogP contribution in [-0.2, 0) is 10.0 Å². The number of sulfonamides is 1. The fourth-order valence-corrected chi connectivity index (χ4v) is 3.96. The van der Waals surface area contributed by atoms with E-state index in [1.807, 2.05) is 0 Å². The average Bonchev–Trinajstić information content (AvgIpc) is 3.28. The molecule has 0 amide bonds. The second-order valence-electron chi connectivity index (χ2n) is 5.86. The maximum Gasteiger partial charge on any atom is 0.240 e. The van der Waals surface area contributed by atoms with Gasteiger partial charge in [0.2, 0.25) is 10.0 Å². The minimum atomic E-state index is -3.49. The monoisotopic (exact) mass is 296 g/mol. The first kappa shape index (κ1) is 13.7. The Bertz CT molecular complexity index is 619. The van der Waals surface area contributed by atoms with Crippen LogP contribution in [0, 0.1) is 11.3 Å². The van der Waals surface area contributed by atoms with Gasteiger partial charge in [-0.25, -0.2) is 13.1 Å². The predicted octanol–water partition coefficient (Wildman–Crippen LogP) is 1.75. The van der Waals surface area contributed by atoms with Crippen molar-refractivity contribution in [3.63, 3.8) is 0 Å². The van der Waals surface area contributed by atoms with Crippen LogP contribution >= 0.6 is 0 Å². The number of benzene rings is 1. The summed E-state index contributed by atoms with van der Waals surface area (Å²) in [5.74, 6) is 1.21. The molecule has 20 heavy (non-hydrogen) atoms. The van der Waals surface area contributed by atoms with Crippen molar-refractivity contribution in [1.29, 1.82) is 0 Å². The van der Waals surface area contributed by atoms with E-state index < -0.39 is 10.0 Å². The molecular formula is C14H20N2O3S. The quantitative estimate of drug-likeness (QED) is 0.784. The normalized spacial score (nSPS) is 20.6. The van der Waals surface area contributed by atoms with Crippen molar-refractivity contribution < 1.29 is 13.2 Å². The smallest absolute Gasteiger partial charge is 0.240 e. The van der Waals surface area contributed by atoms with E-state index in [0.29, 0.717) is 18.0 Å². The van der Waals surface area contributed by atoms with Gasteiger partial charge in [-0.05, 0) is 55.2 Å². The molecule has 2 fully saturated rings. The first-order chi connectivity index (χ1) is 9.47. The maximum atomic E-state index is 12.3. The highest BCUT2D eigenvalue weighted by molar-refractivity contribution is 7.89. The number of ether oxygens (including phenoxy) is 1. The Morgan fingerprint density at radius 1 is 1.40 bits per heavy atom. The first-order valence-corrected chi connectivity index (χ1v) is 8.38. The summed E-state index contributed by atoms with van der Waals surface area (Å²) in [4.78, 5) is 0.197. The Labute approximate surface area is 119 Å². The van der Waals surface area contributed by atoms with Gasteiger partial charge in [0.05, 0.1) is 17.7 Å². The molecule has 0 spiro atoms. The van der Waals surface area contributed by atoms with Gasteiger partial charge in [0, 0.05) is 6.54 Å². The van der Waals surface area contributed by atoms with Crippen molar-refractivity contribution in [2.24, 2.45) is 11.3 Å². The third-order valence-corrected chi connectivity index (χ3v) is 5.86. The number of nitrogens with one attached hydrogen (secondary N) is 1. The maximum absolute atomic E-state index is 12.3. The molecule has 0 radical (unpaired) electrons. The summed E-state index contributed by atoms with van der Waals surface area (Å²) in [5.41, 5.74) is 6.34. The molecule has 1 aromatic rings. The van der Waals surface area contributed by atoms with Crippen LogP contribution < -0.4 is 15.2 Å². The zero-order valence-corrected chi connectivity index (χ0v) is 12.4. The Balaban J connectivity index is 1.73. The molecule has 3 N–H and O–H groups in total. The fraction of sp³-hybridized carbons (Fsp3) is 0.571. The van der Waals surface area contributed by atoms with Crippen LogP contribution in [0.3, 0.4) is 0 Å². The molecule has 0 bridgehead atoms. The number of methoxy groups -OCH3 is 1. The van der Waals surface area contributed by atoms with E-state index in [0.717, 1.165) is 18.8 Å². The third-order valence-electron chi connectivity index (χ3n) is 4.46. The molecule has 5 nitrogen and oxygen atoms in total. The van der Waals surface area contributed by atoms with Crippen molar-refractivity contribution in [1.82, 2.24) is 4.72 Å². The summed E-state index contributed by atoms with van der Waals surface area (Å²) >= 11 is 0. The van der Waals surface area contributed by atoms with E-state index >= 15 is 0 Å². The molecule has 3 rings (SSSR count). The predicted molar refractivity (Wildman–Crippen MR) is 77.0 cm³/mol. The van der Waals surface area contributed by atoms with Gasteiger partial charge >= 0.3 is 0 Å². The highest BCUT2D eigenvalue weighted by atomic mass is 32.2. The van der Waals surface area contributed by atoms with Crippen LogP contribution in [0.2, 0.25) is 0 Å². The number of hydrogen-bond donors (Lipinski definition) is 2. The van der Waals surface area contributed by atoms with Gasteiger partial charge in [-0.3, -0.25) is 0 Å². The van der Waals surface area contributed by atoms with Gasteiger partial charge in [0.25, 0.3) is 0 Å². The Morgan fingerprint density at radius 2 is 2.10 bits per heavy atom. The number of nitrogens with two attached hydrogens (primary N) is 1. The Morgan fingerprint density at radius 3 is 2.60 bits per heavy atom. The number of rotatable bonds is 6. The topological polar surface area (TPSA) is 81.4 Å². The van der Waals surface area contributed by atoms with Crippen LogP contribution in [0.5, 0.6) is 5.75 Å². The summed E-state index contributed by atoms with van der Waals surface area (Å²) < 4.78 is 32.4. The van der Waals surface area contributed by atoms with Crippen LogP contribution in [0.15, 0.2) is 23.1 Å². The molecule has 2 aliphatic carbocycles. The number of nitrogen functional groups attached to an aromatic ring is 1. The van der Waals surface area contributed by atoms with Crippen molar-refractivity contribution in [2.45, 2.75) is 30.6 Å². The van der Waals surface area contributed by atoms with E-state index in [1.165, 1.54) is 32.1 Å². The minimum absolute atomic E-state index is 0.197. The summed E-state index contributed by atoms with van der Waals surface area (Å²) in [6.45, 7) is 0.548. The van der Waals surface area contributed by atoms with Crippen LogP contribution in [0.1, 0.15) is 25.7 Å². The van der Waals surface area contributed by atoms with Crippen molar-refractivity contribution in [2.75, 3.05) is 19.4 Å². The SMILES string of the molecule is COc1ccc(S(=O)(=O)NCC2(C3CC3)CC2)cc1N. The highest BCUT2D eigenvalue weighted by Gasteiger charge is 2.53. The van der Waals surface area contributed by atoms with E-state index in [2.05, 4.69) is 4.72 Å². The van der Waals surface area contributed by atoms with Gasteiger partial charge in [0.15, 0.2) is 0 Å². The average molecular weight is 296 g/mol. The summed E-state index contributed by atoms with van der Waals surface area (Å²) in [7, 11) is -1.99. The van der Waals surface area contributed by atoms with E-state index in [4.69, 9.17) is 10.5 Å². The summed E-state index contributed by atoms with van der Waals surface area (Å²) in [6, 6.07) is 4.55. The second kappa shape index (κ2) is 4.63. The van der Waals surface area contributed by atoms with Gasteiger partial charge in [-0.1, -0.05) is 0 Å². The molecule has 6 heteroatoms. The lowest BCUT2D eigenvalue weighted by Crippen LogP contribution is -2.31.